The Balaban J connectivity index is 1.78. The van der Waals surface area contributed by atoms with Gasteiger partial charge in [-0.25, -0.2) is 4.79 Å². The number of pyridine rings is 2. The molecule has 1 saturated carbocycles. The molecule has 1 aliphatic rings. The normalized spacial score (nSPS) is 19.4. The number of aromatic carboxylic acids is 1. The van der Waals surface area contributed by atoms with Gasteiger partial charge < -0.3 is 10.8 Å². The monoisotopic (exact) mass is 375 g/mol. The van der Waals surface area contributed by atoms with Gasteiger partial charge in [-0.05, 0) is 49.9 Å². The van der Waals surface area contributed by atoms with Crippen molar-refractivity contribution in [2.75, 3.05) is 0 Å². The number of carbonyl (C=O) groups excluding carboxylic acids is 1. The van der Waals surface area contributed by atoms with Crippen LogP contribution in [0.3, 0.4) is 0 Å². The number of hydrogen-bond acceptors (Lipinski definition) is 4. The van der Waals surface area contributed by atoms with Gasteiger partial charge >= 0.3 is 5.97 Å². The van der Waals surface area contributed by atoms with Crippen molar-refractivity contribution >= 4 is 22.8 Å². The number of carboxylic acids is 1. The van der Waals surface area contributed by atoms with Crippen molar-refractivity contribution in [3.8, 4) is 11.3 Å². The fraction of sp³-hybridized carbons (Fsp3) is 0.273. The molecule has 1 amide bonds. The molecule has 1 aromatic carbocycles. The quantitative estimate of drug-likeness (QED) is 0.722. The second-order valence-corrected chi connectivity index (χ2v) is 7.31. The van der Waals surface area contributed by atoms with E-state index in [1.807, 2.05) is 18.2 Å². The van der Waals surface area contributed by atoms with Crippen LogP contribution in [0.15, 0.2) is 48.7 Å². The van der Waals surface area contributed by atoms with E-state index in [1.165, 1.54) is 0 Å². The number of rotatable bonds is 4. The minimum atomic E-state index is -0.972. The van der Waals surface area contributed by atoms with Crippen molar-refractivity contribution in [2.24, 2.45) is 11.7 Å². The standard InChI is InChI=1S/C22H21N3O3/c23-21(26)14-8-6-13(7-9-14)18-12-16-5-2-10-24-19(16)20(25-18)15-3-1-4-17(11-15)22(27)28/h1-5,10-14H,6-9H2,(H2,23,26)(H,27,28). The molecule has 142 valence electrons. The molecule has 1 aliphatic carbocycles. The number of benzene rings is 1. The number of fused-ring (bicyclic) bond motifs is 1. The third kappa shape index (κ3) is 3.45. The first kappa shape index (κ1) is 18.1. The zero-order valence-corrected chi connectivity index (χ0v) is 15.3. The highest BCUT2D eigenvalue weighted by Gasteiger charge is 2.27. The van der Waals surface area contributed by atoms with Gasteiger partial charge in [-0.2, -0.15) is 0 Å². The highest BCUT2D eigenvalue weighted by molar-refractivity contribution is 5.94. The number of amides is 1. The van der Waals surface area contributed by atoms with E-state index in [0.29, 0.717) is 5.69 Å². The van der Waals surface area contributed by atoms with Crippen LogP contribution in [-0.2, 0) is 4.79 Å². The first-order chi connectivity index (χ1) is 13.5. The SMILES string of the molecule is NC(=O)C1CCC(c2cc3cccnc3c(-c3cccc(C(=O)O)c3)n2)CC1. The average Bonchev–Trinajstić information content (AvgIpc) is 2.73. The second kappa shape index (κ2) is 7.38. The molecule has 0 atom stereocenters. The summed E-state index contributed by atoms with van der Waals surface area (Å²) < 4.78 is 0. The molecule has 4 rings (SSSR count). The summed E-state index contributed by atoms with van der Waals surface area (Å²) in [4.78, 5) is 32.2. The Hall–Kier alpha value is -3.28. The van der Waals surface area contributed by atoms with Gasteiger partial charge in [0.15, 0.2) is 0 Å². The molecule has 3 aromatic rings. The van der Waals surface area contributed by atoms with Crippen molar-refractivity contribution in [3.63, 3.8) is 0 Å². The van der Waals surface area contributed by atoms with Crippen LogP contribution < -0.4 is 5.73 Å². The second-order valence-electron chi connectivity index (χ2n) is 7.31. The van der Waals surface area contributed by atoms with Crippen LogP contribution in [0.5, 0.6) is 0 Å². The van der Waals surface area contributed by atoms with Gasteiger partial charge in [0.2, 0.25) is 5.91 Å². The molecule has 0 spiro atoms. The zero-order chi connectivity index (χ0) is 19.7. The summed E-state index contributed by atoms with van der Waals surface area (Å²) in [5, 5.41) is 10.3. The lowest BCUT2D eigenvalue weighted by atomic mass is 9.80. The van der Waals surface area contributed by atoms with Gasteiger partial charge in [0.1, 0.15) is 0 Å². The maximum atomic E-state index is 11.4. The van der Waals surface area contributed by atoms with E-state index >= 15 is 0 Å². The number of aromatic nitrogens is 2. The summed E-state index contributed by atoms with van der Waals surface area (Å²) in [5.41, 5.74) is 8.80. The van der Waals surface area contributed by atoms with Gasteiger partial charge in [0.05, 0.1) is 16.8 Å². The Bertz CT molecular complexity index is 1060. The minimum absolute atomic E-state index is 0.0508. The smallest absolute Gasteiger partial charge is 0.335 e. The molecule has 0 unspecified atom stereocenters. The molecule has 0 radical (unpaired) electrons. The van der Waals surface area contributed by atoms with Crippen LogP contribution in [0.25, 0.3) is 22.2 Å². The first-order valence-electron chi connectivity index (χ1n) is 9.41. The average molecular weight is 375 g/mol. The molecule has 0 aliphatic heterocycles. The molecule has 1 fully saturated rings. The van der Waals surface area contributed by atoms with E-state index in [4.69, 9.17) is 10.7 Å². The lowest BCUT2D eigenvalue weighted by Crippen LogP contribution is -2.27. The Morgan fingerprint density at radius 1 is 1.04 bits per heavy atom. The predicted octanol–water partition coefficient (Wildman–Crippen LogP) is 3.75. The highest BCUT2D eigenvalue weighted by Crippen LogP contribution is 2.37. The number of hydrogen-bond donors (Lipinski definition) is 2. The maximum Gasteiger partial charge on any atom is 0.335 e. The van der Waals surface area contributed by atoms with Crippen LogP contribution in [-0.4, -0.2) is 27.0 Å². The Morgan fingerprint density at radius 2 is 1.82 bits per heavy atom. The summed E-state index contributed by atoms with van der Waals surface area (Å²) in [5.74, 6) is -0.993. The Labute approximate surface area is 162 Å². The molecule has 0 bridgehead atoms. The summed E-state index contributed by atoms with van der Waals surface area (Å²) in [6.07, 6.45) is 4.99. The van der Waals surface area contributed by atoms with Gasteiger partial charge in [0.25, 0.3) is 0 Å². The van der Waals surface area contributed by atoms with E-state index in [0.717, 1.165) is 47.8 Å². The maximum absolute atomic E-state index is 11.4. The number of carboxylic acid groups (broad SMARTS) is 1. The van der Waals surface area contributed by atoms with Gasteiger partial charge in [-0.1, -0.05) is 18.2 Å². The van der Waals surface area contributed by atoms with Crippen LogP contribution in [0.2, 0.25) is 0 Å². The van der Waals surface area contributed by atoms with Gasteiger partial charge in [-0.3, -0.25) is 14.8 Å². The van der Waals surface area contributed by atoms with Crippen LogP contribution >= 0.6 is 0 Å². The minimum Gasteiger partial charge on any atom is -0.478 e. The fourth-order valence-corrected chi connectivity index (χ4v) is 3.99. The molecular formula is C22H21N3O3. The zero-order valence-electron chi connectivity index (χ0n) is 15.3. The molecule has 6 heteroatoms. The number of carbonyl (C=O) groups is 2. The third-order valence-corrected chi connectivity index (χ3v) is 5.54. The lowest BCUT2D eigenvalue weighted by Gasteiger charge is -2.26. The van der Waals surface area contributed by atoms with Crippen molar-refractivity contribution in [1.82, 2.24) is 9.97 Å². The molecule has 3 N–H and O–H groups in total. The lowest BCUT2D eigenvalue weighted by molar-refractivity contribution is -0.122. The van der Waals surface area contributed by atoms with E-state index < -0.39 is 5.97 Å². The van der Waals surface area contributed by atoms with Crippen molar-refractivity contribution < 1.29 is 14.7 Å². The van der Waals surface area contributed by atoms with Gasteiger partial charge in [-0.15, -0.1) is 0 Å². The number of nitrogens with two attached hydrogens (primary N) is 1. The van der Waals surface area contributed by atoms with Crippen molar-refractivity contribution in [2.45, 2.75) is 31.6 Å². The molecule has 2 aromatic heterocycles. The van der Waals surface area contributed by atoms with Crippen molar-refractivity contribution in [1.29, 1.82) is 0 Å². The molecule has 28 heavy (non-hydrogen) atoms. The highest BCUT2D eigenvalue weighted by atomic mass is 16.4. The van der Waals surface area contributed by atoms with Crippen LogP contribution in [0.4, 0.5) is 0 Å². The van der Waals surface area contributed by atoms with Crippen LogP contribution in [0, 0.1) is 5.92 Å². The fourth-order valence-electron chi connectivity index (χ4n) is 3.99. The van der Waals surface area contributed by atoms with E-state index in [-0.39, 0.29) is 23.3 Å². The summed E-state index contributed by atoms with van der Waals surface area (Å²) in [6, 6.07) is 12.7. The molecule has 2 heterocycles. The topological polar surface area (TPSA) is 106 Å². The summed E-state index contributed by atoms with van der Waals surface area (Å²) in [7, 11) is 0. The predicted molar refractivity (Wildman–Crippen MR) is 106 cm³/mol. The summed E-state index contributed by atoms with van der Waals surface area (Å²) >= 11 is 0. The van der Waals surface area contributed by atoms with Gasteiger partial charge in [0, 0.05) is 34.7 Å². The van der Waals surface area contributed by atoms with E-state index in [9.17, 15) is 14.7 Å². The van der Waals surface area contributed by atoms with Crippen molar-refractivity contribution in [3.05, 3.63) is 59.9 Å². The first-order valence-corrected chi connectivity index (χ1v) is 9.41. The Kier molecular flexibility index (Phi) is 4.77. The summed E-state index contributed by atoms with van der Waals surface area (Å²) in [6.45, 7) is 0. The molecule has 6 nitrogen and oxygen atoms in total. The van der Waals surface area contributed by atoms with Crippen LogP contribution in [0.1, 0.15) is 47.7 Å². The molecule has 0 saturated heterocycles. The van der Waals surface area contributed by atoms with E-state index in [1.54, 1.807) is 24.4 Å². The number of primary amides is 1. The number of nitrogens with zero attached hydrogens (tertiary/aromatic N) is 2. The Morgan fingerprint density at radius 3 is 2.54 bits per heavy atom. The molecular weight excluding hydrogens is 354 g/mol. The largest absolute Gasteiger partial charge is 0.478 e. The van der Waals surface area contributed by atoms with E-state index in [2.05, 4.69) is 11.1 Å². The third-order valence-electron chi connectivity index (χ3n) is 5.54.